The number of carbonyl (C=O) groups is 3. The normalized spacial score (nSPS) is 17.7. The number of anilines is 1. The van der Waals surface area contributed by atoms with Gasteiger partial charge in [-0.3, -0.25) is 19.3 Å². The van der Waals surface area contributed by atoms with Gasteiger partial charge in [-0.05, 0) is 42.0 Å². The standard InChI is InChI=1S/C27H20N2O5/c1-33-21-13-9-19(10-14-21)25(30)23-24(18-5-3-2-4-6-18)29(27(32)26(23)31)20-11-7-17(8-12-20)22-15-16-34-28-22/h2-16,23-24H,1H3. The van der Waals surface area contributed by atoms with E-state index >= 15 is 0 Å². The Morgan fingerprint density at radius 2 is 1.62 bits per heavy atom. The van der Waals surface area contributed by atoms with Gasteiger partial charge in [0.05, 0.1) is 13.2 Å². The molecule has 1 aliphatic heterocycles. The van der Waals surface area contributed by atoms with E-state index in [0.29, 0.717) is 28.3 Å². The van der Waals surface area contributed by atoms with Gasteiger partial charge in [-0.25, -0.2) is 0 Å². The van der Waals surface area contributed by atoms with E-state index in [4.69, 9.17) is 9.26 Å². The Hall–Kier alpha value is -4.52. The van der Waals surface area contributed by atoms with E-state index in [-0.39, 0.29) is 0 Å². The molecule has 0 bridgehead atoms. The van der Waals surface area contributed by atoms with Crippen molar-refractivity contribution in [3.63, 3.8) is 0 Å². The molecule has 2 unspecified atom stereocenters. The maximum atomic E-state index is 13.5. The minimum Gasteiger partial charge on any atom is -0.497 e. The van der Waals surface area contributed by atoms with Gasteiger partial charge in [0.2, 0.25) is 5.78 Å². The van der Waals surface area contributed by atoms with Crippen molar-refractivity contribution < 1.29 is 23.6 Å². The van der Waals surface area contributed by atoms with Crippen LogP contribution in [0.3, 0.4) is 0 Å². The van der Waals surface area contributed by atoms with Crippen LogP contribution in [0.25, 0.3) is 11.3 Å². The van der Waals surface area contributed by atoms with E-state index in [9.17, 15) is 14.4 Å². The molecule has 7 heteroatoms. The number of hydrogen-bond donors (Lipinski definition) is 0. The molecule has 1 fully saturated rings. The number of ether oxygens (including phenoxy) is 1. The van der Waals surface area contributed by atoms with Crippen molar-refractivity contribution in [1.29, 1.82) is 0 Å². The van der Waals surface area contributed by atoms with E-state index in [0.717, 1.165) is 5.56 Å². The largest absolute Gasteiger partial charge is 0.497 e. The zero-order valence-electron chi connectivity index (χ0n) is 18.3. The molecule has 0 radical (unpaired) electrons. The molecule has 1 aromatic heterocycles. The number of hydrogen-bond acceptors (Lipinski definition) is 6. The van der Waals surface area contributed by atoms with Crippen molar-refractivity contribution >= 4 is 23.2 Å². The molecule has 0 aliphatic carbocycles. The van der Waals surface area contributed by atoms with E-state index in [1.54, 1.807) is 54.6 Å². The first-order chi connectivity index (χ1) is 16.6. The fraction of sp³-hybridized carbons (Fsp3) is 0.111. The van der Waals surface area contributed by atoms with E-state index in [1.165, 1.54) is 18.3 Å². The summed E-state index contributed by atoms with van der Waals surface area (Å²) in [5.74, 6) is -2.42. The van der Waals surface area contributed by atoms with Crippen LogP contribution < -0.4 is 9.64 Å². The molecular weight excluding hydrogens is 432 g/mol. The number of ketones is 2. The quantitative estimate of drug-likeness (QED) is 0.243. The molecule has 1 aliphatic rings. The maximum absolute atomic E-state index is 13.5. The zero-order valence-corrected chi connectivity index (χ0v) is 18.3. The van der Waals surface area contributed by atoms with Crippen molar-refractivity contribution in [2.24, 2.45) is 5.92 Å². The van der Waals surface area contributed by atoms with Crippen LogP contribution in [0.15, 0.2) is 95.7 Å². The molecule has 4 aromatic rings. The first kappa shape index (κ1) is 21.3. The van der Waals surface area contributed by atoms with Gasteiger partial charge in [0.1, 0.15) is 23.6 Å². The lowest BCUT2D eigenvalue weighted by Crippen LogP contribution is -2.30. The summed E-state index contributed by atoms with van der Waals surface area (Å²) in [7, 11) is 1.53. The van der Waals surface area contributed by atoms with Crippen LogP contribution in [0.1, 0.15) is 22.0 Å². The molecule has 5 rings (SSSR count). The number of methoxy groups -OCH3 is 1. The second-order valence-electron chi connectivity index (χ2n) is 7.90. The van der Waals surface area contributed by atoms with Gasteiger partial charge in [-0.15, -0.1) is 0 Å². The first-order valence-corrected chi connectivity index (χ1v) is 10.7. The molecule has 1 saturated heterocycles. The average Bonchev–Trinajstić information content (AvgIpc) is 3.52. The number of rotatable bonds is 6. The topological polar surface area (TPSA) is 89.7 Å². The Balaban J connectivity index is 1.56. The monoisotopic (exact) mass is 452 g/mol. The van der Waals surface area contributed by atoms with Gasteiger partial charge in [0.25, 0.3) is 5.91 Å². The zero-order chi connectivity index (χ0) is 23.7. The van der Waals surface area contributed by atoms with E-state index in [1.807, 2.05) is 30.3 Å². The Labute approximate surface area is 195 Å². The number of benzene rings is 3. The Morgan fingerprint density at radius 1 is 0.912 bits per heavy atom. The second-order valence-corrected chi connectivity index (χ2v) is 7.90. The fourth-order valence-electron chi connectivity index (χ4n) is 4.29. The third-order valence-corrected chi connectivity index (χ3v) is 5.98. The van der Waals surface area contributed by atoms with Crippen LogP contribution in [-0.2, 0) is 9.59 Å². The Morgan fingerprint density at radius 3 is 2.24 bits per heavy atom. The van der Waals surface area contributed by atoms with Crippen molar-refractivity contribution in [2.45, 2.75) is 6.04 Å². The number of amides is 1. The predicted octanol–water partition coefficient (Wildman–Crippen LogP) is 4.51. The Kier molecular flexibility index (Phi) is 5.51. The summed E-state index contributed by atoms with van der Waals surface area (Å²) in [6, 6.07) is 23.7. The van der Waals surface area contributed by atoms with Crippen LogP contribution in [0.4, 0.5) is 5.69 Å². The van der Waals surface area contributed by atoms with Crippen molar-refractivity contribution in [2.75, 3.05) is 12.0 Å². The lowest BCUT2D eigenvalue weighted by molar-refractivity contribution is -0.135. The Bertz CT molecular complexity index is 1330. The summed E-state index contributed by atoms with van der Waals surface area (Å²) < 4.78 is 10.1. The molecule has 0 saturated carbocycles. The van der Waals surface area contributed by atoms with Crippen LogP contribution in [0, 0.1) is 5.92 Å². The summed E-state index contributed by atoms with van der Waals surface area (Å²) in [6.45, 7) is 0. The minimum atomic E-state index is -1.17. The predicted molar refractivity (Wildman–Crippen MR) is 124 cm³/mol. The van der Waals surface area contributed by atoms with Gasteiger partial charge >= 0.3 is 0 Å². The summed E-state index contributed by atoms with van der Waals surface area (Å²) in [5, 5.41) is 3.92. The number of nitrogens with zero attached hydrogens (tertiary/aromatic N) is 2. The van der Waals surface area contributed by atoms with Crippen LogP contribution >= 0.6 is 0 Å². The number of aromatic nitrogens is 1. The van der Waals surface area contributed by atoms with Gasteiger partial charge < -0.3 is 9.26 Å². The molecule has 2 atom stereocenters. The molecule has 168 valence electrons. The molecule has 2 heterocycles. The van der Waals surface area contributed by atoms with Gasteiger partial charge in [-0.2, -0.15) is 0 Å². The molecule has 34 heavy (non-hydrogen) atoms. The molecule has 0 N–H and O–H groups in total. The van der Waals surface area contributed by atoms with E-state index < -0.39 is 29.4 Å². The lowest BCUT2D eigenvalue weighted by Gasteiger charge is -2.27. The highest BCUT2D eigenvalue weighted by Crippen LogP contribution is 2.41. The van der Waals surface area contributed by atoms with Crippen molar-refractivity contribution in [1.82, 2.24) is 5.16 Å². The summed E-state index contributed by atoms with van der Waals surface area (Å²) in [4.78, 5) is 41.4. The second kappa shape index (κ2) is 8.78. The number of Topliss-reactive ketones (excluding diaryl/α,β-unsaturated/α-hetero) is 2. The van der Waals surface area contributed by atoms with Gasteiger partial charge in [-0.1, -0.05) is 47.6 Å². The van der Waals surface area contributed by atoms with Crippen LogP contribution in [0.5, 0.6) is 5.75 Å². The summed E-state index contributed by atoms with van der Waals surface area (Å²) >= 11 is 0. The van der Waals surface area contributed by atoms with E-state index in [2.05, 4.69) is 5.16 Å². The fourth-order valence-corrected chi connectivity index (χ4v) is 4.29. The smallest absolute Gasteiger partial charge is 0.295 e. The first-order valence-electron chi connectivity index (χ1n) is 10.7. The van der Waals surface area contributed by atoms with Crippen molar-refractivity contribution in [3.8, 4) is 17.0 Å². The SMILES string of the molecule is COc1ccc(C(=O)C2C(=O)C(=O)N(c3ccc(-c4ccon4)cc3)C2c2ccccc2)cc1. The number of carbonyl (C=O) groups excluding carboxylic acids is 3. The van der Waals surface area contributed by atoms with Crippen LogP contribution in [0.2, 0.25) is 0 Å². The van der Waals surface area contributed by atoms with Crippen molar-refractivity contribution in [3.05, 3.63) is 102 Å². The third kappa shape index (κ3) is 3.67. The highest BCUT2D eigenvalue weighted by Gasteiger charge is 2.52. The van der Waals surface area contributed by atoms with Crippen LogP contribution in [-0.4, -0.2) is 29.7 Å². The summed E-state index contributed by atoms with van der Waals surface area (Å²) in [6.07, 6.45) is 1.48. The molecule has 3 aromatic carbocycles. The minimum absolute atomic E-state index is 0.344. The average molecular weight is 452 g/mol. The highest BCUT2D eigenvalue weighted by atomic mass is 16.5. The lowest BCUT2D eigenvalue weighted by atomic mass is 9.86. The maximum Gasteiger partial charge on any atom is 0.295 e. The molecule has 1 amide bonds. The molecule has 0 spiro atoms. The molecular formula is C27H20N2O5. The van der Waals surface area contributed by atoms with Gasteiger partial charge in [0.15, 0.2) is 5.78 Å². The highest BCUT2D eigenvalue weighted by molar-refractivity contribution is 6.49. The third-order valence-electron chi connectivity index (χ3n) is 5.98. The van der Waals surface area contributed by atoms with Gasteiger partial charge in [0, 0.05) is 22.9 Å². The summed E-state index contributed by atoms with van der Waals surface area (Å²) in [5.41, 5.74) is 3.02. The molecule has 7 nitrogen and oxygen atoms in total.